The average molecular weight is 335 g/mol. The van der Waals surface area contributed by atoms with Crippen LogP contribution in [-0.4, -0.2) is 35.6 Å². The summed E-state index contributed by atoms with van der Waals surface area (Å²) in [5, 5.41) is 22.4. The molecule has 1 aliphatic rings. The fourth-order valence-corrected chi connectivity index (χ4v) is 2.40. The maximum atomic E-state index is 12.8. The van der Waals surface area contributed by atoms with Gasteiger partial charge in [0, 0.05) is 18.7 Å². The highest BCUT2D eigenvalue weighted by atomic mass is 19.4. The zero-order chi connectivity index (χ0) is 17.4. The summed E-state index contributed by atoms with van der Waals surface area (Å²) in [6.45, 7) is 2.05. The van der Waals surface area contributed by atoms with Crippen molar-refractivity contribution in [3.05, 3.63) is 37.9 Å². The van der Waals surface area contributed by atoms with Gasteiger partial charge in [-0.25, -0.2) is 0 Å². The van der Waals surface area contributed by atoms with Crippen molar-refractivity contribution in [3.63, 3.8) is 0 Å². The van der Waals surface area contributed by atoms with Gasteiger partial charge in [0.2, 0.25) is 0 Å². The van der Waals surface area contributed by atoms with E-state index in [4.69, 9.17) is 4.74 Å². The molecule has 0 aromatic heterocycles. The van der Waals surface area contributed by atoms with Gasteiger partial charge in [0.1, 0.15) is 0 Å². The van der Waals surface area contributed by atoms with Crippen LogP contribution in [0.3, 0.4) is 0 Å². The minimum absolute atomic E-state index is 0.105. The molecule has 1 fully saturated rings. The highest BCUT2D eigenvalue weighted by molar-refractivity contribution is 5.77. The molecule has 126 valence electrons. The molecule has 1 aromatic rings. The summed E-state index contributed by atoms with van der Waals surface area (Å²) in [6.07, 6.45) is -4.93. The molecular formula is C12H12F3N3O5. The monoisotopic (exact) mass is 335 g/mol. The van der Waals surface area contributed by atoms with Gasteiger partial charge in [-0.15, -0.1) is 0 Å². The van der Waals surface area contributed by atoms with E-state index in [9.17, 15) is 33.4 Å². The van der Waals surface area contributed by atoms with E-state index in [2.05, 4.69) is 0 Å². The number of nitro benzene ring substituents is 2. The number of rotatable bonds is 3. The topological polar surface area (TPSA) is 98.8 Å². The van der Waals surface area contributed by atoms with Crippen LogP contribution in [0.2, 0.25) is 0 Å². The SMILES string of the molecule is C[C@H]1COCCN1c1c([N+](=O)[O-])cc(C(F)(F)F)cc1[N+](=O)[O-]. The third kappa shape index (κ3) is 3.33. The van der Waals surface area contributed by atoms with E-state index in [1.165, 1.54) is 4.90 Å². The molecule has 0 amide bonds. The number of halogens is 3. The molecule has 1 aromatic carbocycles. The predicted octanol–water partition coefficient (Wildman–Crippen LogP) is 2.75. The van der Waals surface area contributed by atoms with Crippen LogP contribution in [0.5, 0.6) is 0 Å². The quantitative estimate of drug-likeness (QED) is 0.622. The molecule has 11 heteroatoms. The van der Waals surface area contributed by atoms with E-state index in [-0.39, 0.29) is 19.8 Å². The van der Waals surface area contributed by atoms with E-state index in [1.807, 2.05) is 0 Å². The summed E-state index contributed by atoms with van der Waals surface area (Å²) in [5.74, 6) is 0. The van der Waals surface area contributed by atoms with Crippen LogP contribution in [-0.2, 0) is 10.9 Å². The summed E-state index contributed by atoms with van der Waals surface area (Å²) < 4.78 is 43.7. The van der Waals surface area contributed by atoms with Crippen LogP contribution in [0.1, 0.15) is 12.5 Å². The summed E-state index contributed by atoms with van der Waals surface area (Å²) in [4.78, 5) is 21.6. The lowest BCUT2D eigenvalue weighted by Crippen LogP contribution is -2.44. The Morgan fingerprint density at radius 3 is 2.13 bits per heavy atom. The van der Waals surface area contributed by atoms with Gasteiger partial charge in [0.25, 0.3) is 11.4 Å². The molecule has 0 saturated carbocycles. The number of ether oxygens (including phenoxy) is 1. The van der Waals surface area contributed by atoms with E-state index >= 15 is 0 Å². The summed E-state index contributed by atoms with van der Waals surface area (Å²) in [6, 6.07) is 0.201. The molecule has 1 atom stereocenters. The third-order valence-corrected chi connectivity index (χ3v) is 3.45. The second-order valence-corrected chi connectivity index (χ2v) is 4.99. The van der Waals surface area contributed by atoms with Gasteiger partial charge in [-0.05, 0) is 6.92 Å². The first-order valence-corrected chi connectivity index (χ1v) is 6.51. The van der Waals surface area contributed by atoms with Crippen molar-refractivity contribution in [2.24, 2.45) is 0 Å². The third-order valence-electron chi connectivity index (χ3n) is 3.45. The average Bonchev–Trinajstić information content (AvgIpc) is 2.45. The van der Waals surface area contributed by atoms with Gasteiger partial charge in [-0.3, -0.25) is 20.2 Å². The van der Waals surface area contributed by atoms with Crippen LogP contribution in [0.4, 0.5) is 30.2 Å². The molecule has 1 heterocycles. The fraction of sp³-hybridized carbons (Fsp3) is 0.500. The van der Waals surface area contributed by atoms with Crippen molar-refractivity contribution < 1.29 is 27.8 Å². The Kier molecular flexibility index (Phi) is 4.41. The van der Waals surface area contributed by atoms with Crippen molar-refractivity contribution in [3.8, 4) is 0 Å². The first-order valence-electron chi connectivity index (χ1n) is 6.51. The molecule has 0 bridgehead atoms. The molecule has 8 nitrogen and oxygen atoms in total. The second kappa shape index (κ2) is 5.99. The van der Waals surface area contributed by atoms with Crippen molar-refractivity contribution in [2.45, 2.75) is 19.1 Å². The van der Waals surface area contributed by atoms with Crippen molar-refractivity contribution in [1.82, 2.24) is 0 Å². The summed E-state index contributed by atoms with van der Waals surface area (Å²) >= 11 is 0. The maximum absolute atomic E-state index is 12.8. The van der Waals surface area contributed by atoms with Crippen molar-refractivity contribution >= 4 is 17.1 Å². The van der Waals surface area contributed by atoms with Crippen LogP contribution in [0, 0.1) is 20.2 Å². The Morgan fingerprint density at radius 2 is 1.74 bits per heavy atom. The first-order chi connectivity index (χ1) is 10.6. The van der Waals surface area contributed by atoms with E-state index in [0.29, 0.717) is 12.1 Å². The highest BCUT2D eigenvalue weighted by Crippen LogP contribution is 2.43. The summed E-state index contributed by atoms with van der Waals surface area (Å²) in [5.41, 5.74) is -3.75. The Balaban J connectivity index is 2.72. The van der Waals surface area contributed by atoms with Crippen LogP contribution in [0.25, 0.3) is 0 Å². The molecule has 0 unspecified atom stereocenters. The molecule has 2 rings (SSSR count). The van der Waals surface area contributed by atoms with Gasteiger partial charge in [-0.2, -0.15) is 13.2 Å². The minimum atomic E-state index is -4.93. The smallest absolute Gasteiger partial charge is 0.377 e. The second-order valence-electron chi connectivity index (χ2n) is 4.99. The molecule has 0 radical (unpaired) electrons. The molecule has 1 aliphatic heterocycles. The number of nitro groups is 2. The lowest BCUT2D eigenvalue weighted by Gasteiger charge is -2.34. The molecule has 0 aliphatic carbocycles. The molecule has 0 spiro atoms. The number of morpholine rings is 1. The van der Waals surface area contributed by atoms with Crippen molar-refractivity contribution in [1.29, 1.82) is 0 Å². The Bertz CT molecular complexity index is 614. The lowest BCUT2D eigenvalue weighted by molar-refractivity contribution is -0.393. The van der Waals surface area contributed by atoms with E-state index in [0.717, 1.165) is 0 Å². The van der Waals surface area contributed by atoms with Crippen LogP contribution in [0.15, 0.2) is 12.1 Å². The van der Waals surface area contributed by atoms with Crippen LogP contribution >= 0.6 is 0 Å². The Labute approximate surface area is 127 Å². The van der Waals surface area contributed by atoms with Crippen LogP contribution < -0.4 is 4.90 Å². The lowest BCUT2D eigenvalue weighted by atomic mass is 10.1. The van der Waals surface area contributed by atoms with Gasteiger partial charge in [0.15, 0.2) is 5.69 Å². The highest BCUT2D eigenvalue weighted by Gasteiger charge is 2.40. The minimum Gasteiger partial charge on any atom is -0.377 e. The molecule has 1 saturated heterocycles. The van der Waals surface area contributed by atoms with Gasteiger partial charge >= 0.3 is 6.18 Å². The standard InChI is InChI=1S/C12H12F3N3O5/c1-7-6-23-3-2-16(7)11-9(17(19)20)4-8(12(13,14)15)5-10(11)18(21)22/h4-5,7H,2-3,6H2,1H3/t7-/m0/s1. The number of anilines is 1. The van der Waals surface area contributed by atoms with Gasteiger partial charge in [0.05, 0.1) is 34.7 Å². The molecular weight excluding hydrogens is 323 g/mol. The van der Waals surface area contributed by atoms with Gasteiger partial charge in [-0.1, -0.05) is 0 Å². The largest absolute Gasteiger partial charge is 0.416 e. The Hall–Kier alpha value is -2.43. The fourth-order valence-electron chi connectivity index (χ4n) is 2.40. The first kappa shape index (κ1) is 16.9. The molecule has 0 N–H and O–H groups in total. The summed E-state index contributed by atoms with van der Waals surface area (Å²) in [7, 11) is 0. The Morgan fingerprint density at radius 1 is 1.22 bits per heavy atom. The normalized spacial score (nSPS) is 18.8. The van der Waals surface area contributed by atoms with Crippen molar-refractivity contribution in [2.75, 3.05) is 24.7 Å². The van der Waals surface area contributed by atoms with E-state index in [1.54, 1.807) is 6.92 Å². The number of hydrogen-bond donors (Lipinski definition) is 0. The zero-order valence-electron chi connectivity index (χ0n) is 11.9. The van der Waals surface area contributed by atoms with E-state index < -0.39 is 44.7 Å². The molecule has 23 heavy (non-hydrogen) atoms. The van der Waals surface area contributed by atoms with Gasteiger partial charge < -0.3 is 9.64 Å². The number of alkyl halides is 3. The number of nitrogens with zero attached hydrogens (tertiary/aromatic N) is 3. The predicted molar refractivity (Wildman–Crippen MR) is 72.4 cm³/mol. The zero-order valence-corrected chi connectivity index (χ0v) is 11.9. The number of hydrogen-bond acceptors (Lipinski definition) is 6. The number of benzene rings is 1. The maximum Gasteiger partial charge on any atom is 0.416 e.